The van der Waals surface area contributed by atoms with Gasteiger partial charge in [0.15, 0.2) is 5.82 Å². The van der Waals surface area contributed by atoms with Gasteiger partial charge >= 0.3 is 0 Å². The molecule has 0 N–H and O–H groups in total. The summed E-state index contributed by atoms with van der Waals surface area (Å²) in [5.41, 5.74) is 12.3. The van der Waals surface area contributed by atoms with Crippen LogP contribution in [0.3, 0.4) is 0 Å². The van der Waals surface area contributed by atoms with Gasteiger partial charge in [0, 0.05) is 33.2 Å². The van der Waals surface area contributed by atoms with Gasteiger partial charge in [0.1, 0.15) is 11.0 Å². The average Bonchev–Trinajstić information content (AvgIpc) is 3.75. The van der Waals surface area contributed by atoms with E-state index < -0.39 is 0 Å². The largest absolute Gasteiger partial charge is 0.309 e. The van der Waals surface area contributed by atoms with Crippen molar-refractivity contribution in [3.63, 3.8) is 0 Å². The van der Waals surface area contributed by atoms with E-state index in [2.05, 4.69) is 129 Å². The topological polar surface area (TPSA) is 56.5 Å². The Kier molecular flexibility index (Phi) is 6.25. The zero-order chi connectivity index (χ0) is 30.5. The molecule has 0 aliphatic rings. The first-order chi connectivity index (χ1) is 22.8. The molecule has 216 valence electrons. The second-order valence-corrected chi connectivity index (χ2v) is 11.8. The maximum absolute atomic E-state index is 5.06. The third-order valence-corrected chi connectivity index (χ3v) is 9.03. The van der Waals surface area contributed by atoms with Gasteiger partial charge in [-0.05, 0) is 53.6 Å². The Morgan fingerprint density at radius 2 is 1.09 bits per heavy atom. The number of hydrogen-bond donors (Lipinski definition) is 0. The van der Waals surface area contributed by atoms with E-state index in [0.29, 0.717) is 5.82 Å². The van der Waals surface area contributed by atoms with E-state index >= 15 is 0 Å². The molecule has 0 fully saturated rings. The summed E-state index contributed by atoms with van der Waals surface area (Å²) >= 11 is 1.26. The lowest BCUT2D eigenvalue weighted by molar-refractivity contribution is 1.18. The van der Waals surface area contributed by atoms with Gasteiger partial charge in [-0.25, -0.2) is 9.97 Å². The molecule has 46 heavy (non-hydrogen) atoms. The van der Waals surface area contributed by atoms with Gasteiger partial charge in [-0.15, -0.1) is 0 Å². The summed E-state index contributed by atoms with van der Waals surface area (Å²) in [6.07, 6.45) is 0. The third kappa shape index (κ3) is 4.47. The average molecular weight is 608 g/mol. The van der Waals surface area contributed by atoms with Crippen LogP contribution in [0.2, 0.25) is 0 Å². The Balaban J connectivity index is 1.18. The zero-order valence-electron chi connectivity index (χ0n) is 24.6. The van der Waals surface area contributed by atoms with Crippen molar-refractivity contribution in [3.05, 3.63) is 152 Å². The number of para-hydroxylation sites is 1. The summed E-state index contributed by atoms with van der Waals surface area (Å²) in [4.78, 5) is 10.1. The van der Waals surface area contributed by atoms with E-state index in [1.54, 1.807) is 0 Å². The monoisotopic (exact) mass is 607 g/mol. The molecule has 0 amide bonds. The van der Waals surface area contributed by atoms with Gasteiger partial charge in [-0.3, -0.25) is 0 Å². The number of rotatable bonds is 5. The Bertz CT molecular complexity index is 2480. The first kappa shape index (κ1) is 26.4. The van der Waals surface area contributed by atoms with Crippen LogP contribution in [0.4, 0.5) is 0 Å². The minimum absolute atomic E-state index is 0.696. The predicted octanol–water partition coefficient (Wildman–Crippen LogP) is 10.2. The third-order valence-electron chi connectivity index (χ3n) is 8.48. The van der Waals surface area contributed by atoms with Crippen molar-refractivity contribution < 1.29 is 0 Å². The van der Waals surface area contributed by atoms with Gasteiger partial charge in [0.25, 0.3) is 0 Å². The molecule has 0 saturated carbocycles. The van der Waals surface area contributed by atoms with Crippen LogP contribution >= 0.6 is 11.7 Å². The smallest absolute Gasteiger partial charge is 0.160 e. The Hall–Kier alpha value is -5.98. The van der Waals surface area contributed by atoms with Crippen molar-refractivity contribution in [3.8, 4) is 50.7 Å². The molecule has 0 bridgehead atoms. The van der Waals surface area contributed by atoms with Crippen LogP contribution < -0.4 is 0 Å². The highest BCUT2D eigenvalue weighted by Gasteiger charge is 2.17. The van der Waals surface area contributed by atoms with Gasteiger partial charge in [-0.1, -0.05) is 109 Å². The van der Waals surface area contributed by atoms with Crippen molar-refractivity contribution in [2.24, 2.45) is 0 Å². The van der Waals surface area contributed by atoms with Gasteiger partial charge < -0.3 is 4.57 Å². The highest BCUT2D eigenvalue weighted by molar-refractivity contribution is 7.00. The van der Waals surface area contributed by atoms with Crippen LogP contribution in [-0.4, -0.2) is 23.3 Å². The summed E-state index contributed by atoms with van der Waals surface area (Å²) < 4.78 is 11.5. The number of benzene rings is 6. The molecule has 0 aliphatic heterocycles. The van der Waals surface area contributed by atoms with Crippen molar-refractivity contribution in [2.75, 3.05) is 0 Å². The van der Waals surface area contributed by atoms with Crippen LogP contribution in [0, 0.1) is 0 Å². The standard InChI is InChI=1S/C40H25N5S/c1-3-11-26(12-4-1)34-25-35(27-13-5-2-6-14-27)42-40(41-34)30-17-9-15-28(23-30)29-16-10-18-31(24-29)45-36-20-8-7-19-32(36)38-37(45)22-21-33-39(38)44-46-43-33/h1-25H. The molecule has 3 heterocycles. The van der Waals surface area contributed by atoms with E-state index in [-0.39, 0.29) is 0 Å². The maximum atomic E-state index is 5.06. The van der Waals surface area contributed by atoms with E-state index in [9.17, 15) is 0 Å². The first-order valence-electron chi connectivity index (χ1n) is 15.2. The molecule has 9 aromatic rings. The van der Waals surface area contributed by atoms with Crippen LogP contribution in [0.15, 0.2) is 152 Å². The second kappa shape index (κ2) is 10.9. The molecule has 0 unspecified atom stereocenters. The van der Waals surface area contributed by atoms with Crippen LogP contribution in [0.1, 0.15) is 0 Å². The van der Waals surface area contributed by atoms with Crippen LogP contribution in [-0.2, 0) is 0 Å². The van der Waals surface area contributed by atoms with Crippen molar-refractivity contribution in [1.29, 1.82) is 0 Å². The quantitative estimate of drug-likeness (QED) is 0.195. The van der Waals surface area contributed by atoms with Crippen molar-refractivity contribution >= 4 is 44.6 Å². The zero-order valence-corrected chi connectivity index (χ0v) is 25.4. The number of aromatic nitrogens is 5. The minimum Gasteiger partial charge on any atom is -0.309 e. The Labute approximate surface area is 269 Å². The lowest BCUT2D eigenvalue weighted by atomic mass is 10.0. The lowest BCUT2D eigenvalue weighted by Gasteiger charge is -2.12. The molecular weight excluding hydrogens is 583 g/mol. The number of nitrogens with zero attached hydrogens (tertiary/aromatic N) is 5. The molecule has 5 nitrogen and oxygen atoms in total. The van der Waals surface area contributed by atoms with Crippen molar-refractivity contribution in [1.82, 2.24) is 23.3 Å². The molecule has 6 aromatic carbocycles. The molecule has 0 saturated heterocycles. The molecular formula is C40H25N5S. The summed E-state index contributed by atoms with van der Waals surface area (Å²) in [6.45, 7) is 0. The predicted molar refractivity (Wildman–Crippen MR) is 189 cm³/mol. The number of hydrogen-bond acceptors (Lipinski definition) is 5. The van der Waals surface area contributed by atoms with Crippen molar-refractivity contribution in [2.45, 2.75) is 0 Å². The summed E-state index contributed by atoms with van der Waals surface area (Å²) in [7, 11) is 0. The lowest BCUT2D eigenvalue weighted by Crippen LogP contribution is -1.96. The maximum Gasteiger partial charge on any atom is 0.160 e. The molecule has 3 aromatic heterocycles. The van der Waals surface area contributed by atoms with Crippen LogP contribution in [0.5, 0.6) is 0 Å². The molecule has 0 radical (unpaired) electrons. The number of fused-ring (bicyclic) bond motifs is 5. The van der Waals surface area contributed by atoms with E-state index in [0.717, 1.165) is 72.3 Å². The summed E-state index contributed by atoms with van der Waals surface area (Å²) in [6, 6.07) is 52.6. The van der Waals surface area contributed by atoms with Gasteiger partial charge in [0.2, 0.25) is 0 Å². The molecule has 6 heteroatoms. The molecule has 9 rings (SSSR count). The molecule has 0 spiro atoms. The fourth-order valence-electron chi connectivity index (χ4n) is 6.33. The summed E-state index contributed by atoms with van der Waals surface area (Å²) in [5, 5.41) is 2.31. The van der Waals surface area contributed by atoms with E-state index in [1.165, 1.54) is 17.1 Å². The second-order valence-electron chi connectivity index (χ2n) is 11.3. The summed E-state index contributed by atoms with van der Waals surface area (Å²) in [5.74, 6) is 0.696. The van der Waals surface area contributed by atoms with Gasteiger partial charge in [0.05, 0.1) is 34.1 Å². The highest BCUT2D eigenvalue weighted by Crippen LogP contribution is 2.37. The highest BCUT2D eigenvalue weighted by atomic mass is 32.1. The molecule has 0 atom stereocenters. The fraction of sp³-hybridized carbons (Fsp3) is 0. The fourth-order valence-corrected chi connectivity index (χ4v) is 6.88. The van der Waals surface area contributed by atoms with E-state index in [1.807, 2.05) is 36.4 Å². The van der Waals surface area contributed by atoms with Crippen LogP contribution in [0.25, 0.3) is 83.6 Å². The van der Waals surface area contributed by atoms with E-state index in [4.69, 9.17) is 9.97 Å². The Morgan fingerprint density at radius 3 is 1.85 bits per heavy atom. The van der Waals surface area contributed by atoms with Gasteiger partial charge in [-0.2, -0.15) is 8.75 Å². The Morgan fingerprint density at radius 1 is 0.457 bits per heavy atom. The normalized spacial score (nSPS) is 11.5. The minimum atomic E-state index is 0.696. The first-order valence-corrected chi connectivity index (χ1v) is 15.9. The SMILES string of the molecule is c1ccc(-c2cc(-c3ccccc3)nc(-c3cccc(-c4cccc(-n5c6ccccc6c6c7nsnc7ccc65)c4)c3)n2)cc1. The molecule has 0 aliphatic carbocycles.